The quantitative estimate of drug-likeness (QED) is 0.676. The molecule has 3 rings (SSSR count). The number of carbonyl (C=O) groups is 1. The molecule has 3 nitrogen and oxygen atoms in total. The van der Waals surface area contributed by atoms with Crippen LogP contribution in [0.1, 0.15) is 15.9 Å². The second kappa shape index (κ2) is 5.81. The van der Waals surface area contributed by atoms with Gasteiger partial charge in [-0.1, -0.05) is 23.7 Å². The van der Waals surface area contributed by atoms with Gasteiger partial charge in [-0.15, -0.1) is 0 Å². The van der Waals surface area contributed by atoms with Gasteiger partial charge in [-0.2, -0.15) is 0 Å². The molecule has 1 heterocycles. The molecule has 0 saturated carbocycles. The molecular formula is C17H13ClFNO2. The van der Waals surface area contributed by atoms with Crippen molar-refractivity contribution in [3.8, 4) is 0 Å². The number of halogens is 2. The zero-order valence-corrected chi connectivity index (χ0v) is 12.6. The molecule has 0 spiro atoms. The molecule has 22 heavy (non-hydrogen) atoms. The van der Waals surface area contributed by atoms with Gasteiger partial charge in [0.05, 0.1) is 18.2 Å². The lowest BCUT2D eigenvalue weighted by Gasteiger charge is -2.08. The van der Waals surface area contributed by atoms with Crippen molar-refractivity contribution in [2.75, 3.05) is 7.11 Å². The summed E-state index contributed by atoms with van der Waals surface area (Å²) in [5, 5.41) is 1.34. The zero-order valence-electron chi connectivity index (χ0n) is 11.8. The van der Waals surface area contributed by atoms with Crippen LogP contribution in [-0.4, -0.2) is 17.6 Å². The van der Waals surface area contributed by atoms with Crippen molar-refractivity contribution in [3.05, 3.63) is 70.6 Å². The number of carbonyl (C=O) groups excluding carboxylic acids is 1. The maximum atomic E-state index is 13.8. The zero-order chi connectivity index (χ0) is 15.7. The number of methoxy groups -OCH3 is 1. The third kappa shape index (κ3) is 2.70. The Morgan fingerprint density at radius 3 is 2.64 bits per heavy atom. The number of benzene rings is 2. The third-order valence-corrected chi connectivity index (χ3v) is 3.78. The number of hydrogen-bond acceptors (Lipinski definition) is 2. The van der Waals surface area contributed by atoms with Crippen LogP contribution >= 0.6 is 11.6 Å². The van der Waals surface area contributed by atoms with Crippen LogP contribution < -0.4 is 0 Å². The highest BCUT2D eigenvalue weighted by Crippen LogP contribution is 2.24. The van der Waals surface area contributed by atoms with Gasteiger partial charge in [0.2, 0.25) is 0 Å². The lowest BCUT2D eigenvalue weighted by molar-refractivity contribution is 0.0602. The molecule has 0 aliphatic heterocycles. The van der Waals surface area contributed by atoms with E-state index in [0.29, 0.717) is 22.5 Å². The van der Waals surface area contributed by atoms with Gasteiger partial charge in [0.25, 0.3) is 0 Å². The Hall–Kier alpha value is -2.33. The summed E-state index contributed by atoms with van der Waals surface area (Å²) in [7, 11) is 1.28. The Labute approximate surface area is 131 Å². The molecule has 0 saturated heterocycles. The molecule has 0 atom stereocenters. The van der Waals surface area contributed by atoms with Crippen LogP contribution in [0.2, 0.25) is 5.02 Å². The van der Waals surface area contributed by atoms with Gasteiger partial charge in [0.1, 0.15) is 5.82 Å². The Kier molecular flexibility index (Phi) is 3.86. The van der Waals surface area contributed by atoms with Crippen LogP contribution in [0.3, 0.4) is 0 Å². The predicted octanol–water partition coefficient (Wildman–Crippen LogP) is 4.27. The van der Waals surface area contributed by atoms with E-state index < -0.39 is 11.8 Å². The van der Waals surface area contributed by atoms with Crippen molar-refractivity contribution >= 4 is 28.5 Å². The molecule has 0 radical (unpaired) electrons. The number of aromatic nitrogens is 1. The summed E-state index contributed by atoms with van der Waals surface area (Å²) < 4.78 is 20.4. The lowest BCUT2D eigenvalue weighted by atomic mass is 10.1. The fourth-order valence-corrected chi connectivity index (χ4v) is 2.59. The SMILES string of the molecule is COC(=O)c1cc(F)cc2c1ccn2Cc1ccc(Cl)cc1. The van der Waals surface area contributed by atoms with E-state index in [1.54, 1.807) is 6.07 Å². The summed E-state index contributed by atoms with van der Waals surface area (Å²) in [6, 6.07) is 11.8. The summed E-state index contributed by atoms with van der Waals surface area (Å²) >= 11 is 5.87. The molecule has 0 unspecified atom stereocenters. The molecule has 0 bridgehead atoms. The Morgan fingerprint density at radius 2 is 1.95 bits per heavy atom. The molecule has 0 aliphatic rings. The van der Waals surface area contributed by atoms with E-state index in [1.165, 1.54) is 19.2 Å². The number of nitrogens with zero attached hydrogens (tertiary/aromatic N) is 1. The second-order valence-corrected chi connectivity index (χ2v) is 5.38. The molecule has 2 aromatic carbocycles. The van der Waals surface area contributed by atoms with E-state index in [4.69, 9.17) is 16.3 Å². The van der Waals surface area contributed by atoms with Crippen molar-refractivity contribution < 1.29 is 13.9 Å². The van der Waals surface area contributed by atoms with E-state index >= 15 is 0 Å². The summed E-state index contributed by atoms with van der Waals surface area (Å²) in [5.74, 6) is -1.02. The average molecular weight is 318 g/mol. The largest absolute Gasteiger partial charge is 0.465 e. The van der Waals surface area contributed by atoms with Crippen LogP contribution in [0.4, 0.5) is 4.39 Å². The van der Waals surface area contributed by atoms with Gasteiger partial charge >= 0.3 is 5.97 Å². The van der Waals surface area contributed by atoms with Crippen molar-refractivity contribution in [2.24, 2.45) is 0 Å². The van der Waals surface area contributed by atoms with Crippen LogP contribution in [0.25, 0.3) is 10.9 Å². The smallest absolute Gasteiger partial charge is 0.338 e. The maximum absolute atomic E-state index is 13.8. The van der Waals surface area contributed by atoms with Gasteiger partial charge in [-0.05, 0) is 35.9 Å². The molecule has 0 amide bonds. The highest BCUT2D eigenvalue weighted by molar-refractivity contribution is 6.30. The normalized spacial score (nSPS) is 10.9. The summed E-state index contributed by atoms with van der Waals surface area (Å²) in [6.45, 7) is 0.560. The summed E-state index contributed by atoms with van der Waals surface area (Å²) in [5.41, 5.74) is 1.91. The van der Waals surface area contributed by atoms with Crippen molar-refractivity contribution in [1.29, 1.82) is 0 Å². The molecule has 5 heteroatoms. The standard InChI is InChI=1S/C17H13ClFNO2/c1-22-17(21)15-8-13(19)9-16-14(15)6-7-20(16)10-11-2-4-12(18)5-3-11/h2-9H,10H2,1H3. The molecule has 3 aromatic rings. The van der Waals surface area contributed by atoms with E-state index in [9.17, 15) is 9.18 Å². The lowest BCUT2D eigenvalue weighted by Crippen LogP contribution is -2.03. The Bertz CT molecular complexity index is 840. The van der Waals surface area contributed by atoms with Gasteiger partial charge in [-0.3, -0.25) is 0 Å². The van der Waals surface area contributed by atoms with E-state index in [0.717, 1.165) is 5.56 Å². The van der Waals surface area contributed by atoms with Crippen LogP contribution in [-0.2, 0) is 11.3 Å². The van der Waals surface area contributed by atoms with Gasteiger partial charge < -0.3 is 9.30 Å². The van der Waals surface area contributed by atoms with Crippen LogP contribution in [0, 0.1) is 5.82 Å². The van der Waals surface area contributed by atoms with E-state index in [-0.39, 0.29) is 5.56 Å². The van der Waals surface area contributed by atoms with E-state index in [1.807, 2.05) is 35.0 Å². The molecule has 0 N–H and O–H groups in total. The van der Waals surface area contributed by atoms with Crippen molar-refractivity contribution in [1.82, 2.24) is 4.57 Å². The van der Waals surface area contributed by atoms with Gasteiger partial charge in [-0.25, -0.2) is 9.18 Å². The highest BCUT2D eigenvalue weighted by atomic mass is 35.5. The number of hydrogen-bond donors (Lipinski definition) is 0. The second-order valence-electron chi connectivity index (χ2n) is 4.95. The fourth-order valence-electron chi connectivity index (χ4n) is 2.46. The molecule has 112 valence electrons. The molecule has 0 aliphatic carbocycles. The van der Waals surface area contributed by atoms with Gasteiger partial charge in [0, 0.05) is 23.2 Å². The molecule has 0 fully saturated rings. The highest BCUT2D eigenvalue weighted by Gasteiger charge is 2.15. The van der Waals surface area contributed by atoms with Crippen molar-refractivity contribution in [3.63, 3.8) is 0 Å². The maximum Gasteiger partial charge on any atom is 0.338 e. The number of ether oxygens (including phenoxy) is 1. The minimum absolute atomic E-state index is 0.229. The Morgan fingerprint density at radius 1 is 1.23 bits per heavy atom. The van der Waals surface area contributed by atoms with Crippen LogP contribution in [0.5, 0.6) is 0 Å². The van der Waals surface area contributed by atoms with E-state index in [2.05, 4.69) is 0 Å². The number of esters is 1. The number of rotatable bonds is 3. The molecule has 1 aromatic heterocycles. The first kappa shape index (κ1) is 14.6. The first-order valence-electron chi connectivity index (χ1n) is 6.69. The summed E-state index contributed by atoms with van der Waals surface area (Å²) in [6.07, 6.45) is 1.82. The first-order valence-corrected chi connectivity index (χ1v) is 7.07. The van der Waals surface area contributed by atoms with Crippen LogP contribution in [0.15, 0.2) is 48.7 Å². The monoisotopic (exact) mass is 317 g/mol. The Balaban J connectivity index is 2.06. The minimum Gasteiger partial charge on any atom is -0.465 e. The first-order chi connectivity index (χ1) is 10.6. The van der Waals surface area contributed by atoms with Crippen molar-refractivity contribution in [2.45, 2.75) is 6.54 Å². The predicted molar refractivity (Wildman–Crippen MR) is 83.8 cm³/mol. The minimum atomic E-state index is -0.547. The fraction of sp³-hybridized carbons (Fsp3) is 0.118. The average Bonchev–Trinajstić information content (AvgIpc) is 2.91. The van der Waals surface area contributed by atoms with Gasteiger partial charge in [0.15, 0.2) is 0 Å². The topological polar surface area (TPSA) is 31.2 Å². The number of fused-ring (bicyclic) bond motifs is 1. The summed E-state index contributed by atoms with van der Waals surface area (Å²) in [4.78, 5) is 11.8. The molecular weight excluding hydrogens is 305 g/mol. The third-order valence-electron chi connectivity index (χ3n) is 3.53.